The highest BCUT2D eigenvalue weighted by Gasteiger charge is 2.04. The van der Waals surface area contributed by atoms with Crippen molar-refractivity contribution in [1.82, 2.24) is 10.6 Å². The standard InChI is InChI=1S/C19H24N2OS/c1-2-12-20-13-14-21-19(22)17-10-8-16(9-11-17)15-23-18-6-4-3-5-7-18/h3-11,20H,2,12-15H2,1H3,(H,21,22). The Morgan fingerprint density at radius 1 is 0.957 bits per heavy atom. The maximum atomic E-state index is 12.0. The molecule has 0 unspecified atom stereocenters. The Morgan fingerprint density at radius 2 is 1.70 bits per heavy atom. The van der Waals surface area contributed by atoms with Crippen LogP contribution in [0.4, 0.5) is 0 Å². The number of amides is 1. The molecule has 2 rings (SSSR count). The molecule has 0 radical (unpaired) electrons. The molecule has 0 fully saturated rings. The van der Waals surface area contributed by atoms with E-state index in [1.807, 2.05) is 42.5 Å². The third kappa shape index (κ3) is 6.47. The molecule has 2 aromatic carbocycles. The van der Waals surface area contributed by atoms with E-state index in [4.69, 9.17) is 0 Å². The van der Waals surface area contributed by atoms with Gasteiger partial charge in [0.1, 0.15) is 0 Å². The lowest BCUT2D eigenvalue weighted by atomic mass is 10.1. The third-order valence-electron chi connectivity index (χ3n) is 3.38. The topological polar surface area (TPSA) is 41.1 Å². The first-order valence-electron chi connectivity index (χ1n) is 8.05. The average Bonchev–Trinajstić information content (AvgIpc) is 2.61. The number of benzene rings is 2. The van der Waals surface area contributed by atoms with E-state index in [1.165, 1.54) is 10.5 Å². The molecule has 0 spiro atoms. The van der Waals surface area contributed by atoms with Gasteiger partial charge in [-0.15, -0.1) is 11.8 Å². The zero-order valence-electron chi connectivity index (χ0n) is 13.5. The molecule has 0 aliphatic heterocycles. The lowest BCUT2D eigenvalue weighted by molar-refractivity contribution is 0.0954. The number of nitrogens with one attached hydrogen (secondary N) is 2. The molecule has 0 atom stereocenters. The molecule has 0 saturated heterocycles. The van der Waals surface area contributed by atoms with Gasteiger partial charge in [-0.2, -0.15) is 0 Å². The largest absolute Gasteiger partial charge is 0.351 e. The predicted octanol–water partition coefficient (Wildman–Crippen LogP) is 3.71. The second kappa shape index (κ2) is 10.1. The zero-order chi connectivity index (χ0) is 16.3. The van der Waals surface area contributed by atoms with E-state index in [0.717, 1.165) is 25.3 Å². The van der Waals surface area contributed by atoms with Gasteiger partial charge in [0.25, 0.3) is 5.91 Å². The lowest BCUT2D eigenvalue weighted by Gasteiger charge is -2.07. The van der Waals surface area contributed by atoms with Crippen LogP contribution in [0.5, 0.6) is 0 Å². The molecule has 0 aromatic heterocycles. The fourth-order valence-electron chi connectivity index (χ4n) is 2.10. The molecule has 1 amide bonds. The highest BCUT2D eigenvalue weighted by molar-refractivity contribution is 7.98. The maximum Gasteiger partial charge on any atom is 0.251 e. The summed E-state index contributed by atoms with van der Waals surface area (Å²) in [6.07, 6.45) is 1.11. The first kappa shape index (κ1) is 17.6. The van der Waals surface area contributed by atoms with Gasteiger partial charge in [-0.3, -0.25) is 4.79 Å². The number of thioether (sulfide) groups is 1. The van der Waals surface area contributed by atoms with Gasteiger partial charge in [-0.1, -0.05) is 37.3 Å². The summed E-state index contributed by atoms with van der Waals surface area (Å²) in [4.78, 5) is 13.3. The molecular weight excluding hydrogens is 304 g/mol. The summed E-state index contributed by atoms with van der Waals surface area (Å²) in [5, 5.41) is 6.19. The van der Waals surface area contributed by atoms with Crippen molar-refractivity contribution in [3.05, 3.63) is 65.7 Å². The van der Waals surface area contributed by atoms with E-state index in [9.17, 15) is 4.79 Å². The van der Waals surface area contributed by atoms with Gasteiger partial charge in [0.2, 0.25) is 0 Å². The Labute approximate surface area is 142 Å². The van der Waals surface area contributed by atoms with Crippen LogP contribution in [-0.4, -0.2) is 25.5 Å². The van der Waals surface area contributed by atoms with Gasteiger partial charge < -0.3 is 10.6 Å². The molecule has 0 heterocycles. The Kier molecular flexibility index (Phi) is 7.70. The molecule has 0 bridgehead atoms. The molecule has 2 N–H and O–H groups in total. The third-order valence-corrected chi connectivity index (χ3v) is 4.46. The highest BCUT2D eigenvalue weighted by atomic mass is 32.2. The summed E-state index contributed by atoms with van der Waals surface area (Å²) >= 11 is 1.80. The van der Waals surface area contributed by atoms with Gasteiger partial charge in [-0.05, 0) is 42.8 Å². The van der Waals surface area contributed by atoms with E-state index in [0.29, 0.717) is 12.1 Å². The smallest absolute Gasteiger partial charge is 0.251 e. The van der Waals surface area contributed by atoms with Gasteiger partial charge in [0, 0.05) is 29.3 Å². The van der Waals surface area contributed by atoms with Crippen LogP contribution >= 0.6 is 11.8 Å². The Bertz CT molecular complexity index is 584. The van der Waals surface area contributed by atoms with Crippen LogP contribution < -0.4 is 10.6 Å². The predicted molar refractivity (Wildman–Crippen MR) is 97.9 cm³/mol. The van der Waals surface area contributed by atoms with Crippen LogP contribution in [0.15, 0.2) is 59.5 Å². The number of carbonyl (C=O) groups is 1. The van der Waals surface area contributed by atoms with Crippen molar-refractivity contribution in [3.8, 4) is 0 Å². The number of carbonyl (C=O) groups excluding carboxylic acids is 1. The molecule has 122 valence electrons. The Hall–Kier alpha value is -1.78. The van der Waals surface area contributed by atoms with Crippen molar-refractivity contribution in [3.63, 3.8) is 0 Å². The molecule has 23 heavy (non-hydrogen) atoms. The monoisotopic (exact) mass is 328 g/mol. The normalized spacial score (nSPS) is 10.5. The second-order valence-corrected chi connectivity index (χ2v) is 6.35. The highest BCUT2D eigenvalue weighted by Crippen LogP contribution is 2.22. The van der Waals surface area contributed by atoms with Gasteiger partial charge in [-0.25, -0.2) is 0 Å². The molecule has 2 aromatic rings. The van der Waals surface area contributed by atoms with Crippen molar-refractivity contribution in [2.75, 3.05) is 19.6 Å². The summed E-state index contributed by atoms with van der Waals surface area (Å²) in [6.45, 7) is 4.59. The van der Waals surface area contributed by atoms with Crippen molar-refractivity contribution in [2.45, 2.75) is 24.0 Å². The molecule has 0 aliphatic carbocycles. The van der Waals surface area contributed by atoms with Crippen molar-refractivity contribution < 1.29 is 4.79 Å². The summed E-state index contributed by atoms with van der Waals surface area (Å²) < 4.78 is 0. The summed E-state index contributed by atoms with van der Waals surface area (Å²) in [7, 11) is 0. The van der Waals surface area contributed by atoms with E-state index in [2.05, 4.69) is 29.7 Å². The molecule has 0 aliphatic rings. The first-order valence-corrected chi connectivity index (χ1v) is 9.04. The van der Waals surface area contributed by atoms with E-state index in [1.54, 1.807) is 11.8 Å². The average molecular weight is 328 g/mol. The van der Waals surface area contributed by atoms with Gasteiger partial charge in [0.15, 0.2) is 0 Å². The van der Waals surface area contributed by atoms with Crippen LogP contribution in [0.25, 0.3) is 0 Å². The van der Waals surface area contributed by atoms with Gasteiger partial charge >= 0.3 is 0 Å². The summed E-state index contributed by atoms with van der Waals surface area (Å²) in [6, 6.07) is 18.2. The summed E-state index contributed by atoms with van der Waals surface area (Å²) in [5.41, 5.74) is 1.94. The van der Waals surface area contributed by atoms with Crippen molar-refractivity contribution in [1.29, 1.82) is 0 Å². The van der Waals surface area contributed by atoms with E-state index < -0.39 is 0 Å². The first-order chi connectivity index (χ1) is 11.3. The molecule has 4 heteroatoms. The SMILES string of the molecule is CCCNCCNC(=O)c1ccc(CSc2ccccc2)cc1. The Balaban J connectivity index is 1.76. The minimum atomic E-state index is -0.00874. The second-order valence-electron chi connectivity index (χ2n) is 5.30. The van der Waals surface area contributed by atoms with E-state index >= 15 is 0 Å². The van der Waals surface area contributed by atoms with Crippen LogP contribution in [0.3, 0.4) is 0 Å². The maximum absolute atomic E-state index is 12.0. The molecule has 3 nitrogen and oxygen atoms in total. The zero-order valence-corrected chi connectivity index (χ0v) is 14.4. The fourth-order valence-corrected chi connectivity index (χ4v) is 2.98. The van der Waals surface area contributed by atoms with Gasteiger partial charge in [0.05, 0.1) is 0 Å². The quantitative estimate of drug-likeness (QED) is 0.545. The minimum absolute atomic E-state index is 0.00874. The van der Waals surface area contributed by atoms with Crippen molar-refractivity contribution in [2.24, 2.45) is 0 Å². The lowest BCUT2D eigenvalue weighted by Crippen LogP contribution is -2.32. The number of hydrogen-bond donors (Lipinski definition) is 2. The molecular formula is C19H24N2OS. The summed E-state index contributed by atoms with van der Waals surface area (Å²) in [5.74, 6) is 0.901. The number of rotatable bonds is 9. The van der Waals surface area contributed by atoms with Crippen LogP contribution in [0.1, 0.15) is 29.3 Å². The van der Waals surface area contributed by atoms with Crippen LogP contribution in [0, 0.1) is 0 Å². The van der Waals surface area contributed by atoms with Crippen LogP contribution in [0.2, 0.25) is 0 Å². The fraction of sp³-hybridized carbons (Fsp3) is 0.316. The van der Waals surface area contributed by atoms with Crippen molar-refractivity contribution >= 4 is 17.7 Å². The van der Waals surface area contributed by atoms with Crippen LogP contribution in [-0.2, 0) is 5.75 Å². The molecule has 0 saturated carbocycles. The minimum Gasteiger partial charge on any atom is -0.351 e. The number of hydrogen-bond acceptors (Lipinski definition) is 3. The Morgan fingerprint density at radius 3 is 2.39 bits per heavy atom. The van der Waals surface area contributed by atoms with E-state index in [-0.39, 0.29) is 5.91 Å².